The van der Waals surface area contributed by atoms with E-state index in [4.69, 9.17) is 21.5 Å². The molecule has 2 aromatic carbocycles. The number of imidazole rings is 1. The highest BCUT2D eigenvalue weighted by Gasteiger charge is 2.38. The Morgan fingerprint density at radius 3 is 2.21 bits per heavy atom. The molecule has 5 rings (SSSR count). The Morgan fingerprint density at radius 2 is 1.62 bits per heavy atom. The Hall–Kier alpha value is -4.88. The molecule has 4 N–H and O–H groups in total. The van der Waals surface area contributed by atoms with Gasteiger partial charge in [0.05, 0.1) is 22.5 Å². The van der Waals surface area contributed by atoms with Crippen molar-refractivity contribution in [2.24, 2.45) is 13.0 Å². The highest BCUT2D eigenvalue weighted by molar-refractivity contribution is 6.34. The van der Waals surface area contributed by atoms with E-state index in [1.165, 1.54) is 42.1 Å². The minimum Gasteiger partial charge on any atom is -0.475 e. The van der Waals surface area contributed by atoms with Gasteiger partial charge in [-0.25, -0.2) is 24.0 Å². The molecule has 2 saturated heterocycles. The third kappa shape index (κ3) is 10.4. The molecule has 53 heavy (non-hydrogen) atoms. The molecular formula is C33H36ClF6N7O6. The highest BCUT2D eigenvalue weighted by atomic mass is 35.5. The topological polar surface area (TPSA) is 158 Å². The third-order valence-corrected chi connectivity index (χ3v) is 9.01. The standard InChI is InChI=1S/C31H35ClF3N7O4.C2HF3O2/c1-40-11-9-19(10-12-40)38-39-29(43)18-7-13-42(14-8-18)31(45)21-4-3-20(15-23(21)32)37-30(44)28-36-16-24(41(28)2)22-5-6-25(46-17-33)27(35)26(22)34;3-2(4,5)1(6)7/h3-6,15-16,18-19,38H,7-14,17H2,1-2H3,(H,37,44)(H,39,43);(H,6,7). The van der Waals surface area contributed by atoms with Gasteiger partial charge in [-0.2, -0.15) is 17.6 Å². The van der Waals surface area contributed by atoms with Crippen LogP contribution in [0, 0.1) is 17.6 Å². The number of anilines is 1. The number of halogens is 7. The Bertz CT molecular complexity index is 1810. The minimum absolute atomic E-state index is 0.0672. The summed E-state index contributed by atoms with van der Waals surface area (Å²) < 4.78 is 78.8. The average Bonchev–Trinajstić information content (AvgIpc) is 3.50. The highest BCUT2D eigenvalue weighted by Crippen LogP contribution is 2.31. The summed E-state index contributed by atoms with van der Waals surface area (Å²) in [6, 6.07) is 7.00. The molecule has 0 aliphatic carbocycles. The number of piperidine rings is 2. The second kappa shape index (κ2) is 17.8. The van der Waals surface area contributed by atoms with Crippen LogP contribution in [0.15, 0.2) is 36.5 Å². The fourth-order valence-electron chi connectivity index (χ4n) is 5.67. The van der Waals surface area contributed by atoms with Crippen molar-refractivity contribution in [2.75, 3.05) is 45.4 Å². The largest absolute Gasteiger partial charge is 0.490 e. The van der Waals surface area contributed by atoms with Crippen molar-refractivity contribution >= 4 is 41.0 Å². The Kier molecular flexibility index (Phi) is 13.7. The van der Waals surface area contributed by atoms with E-state index in [2.05, 4.69) is 37.8 Å². The minimum atomic E-state index is -5.08. The molecule has 0 bridgehead atoms. The lowest BCUT2D eigenvalue weighted by Crippen LogP contribution is -2.51. The quantitative estimate of drug-likeness (QED) is 0.178. The van der Waals surface area contributed by atoms with E-state index in [0.717, 1.165) is 32.0 Å². The maximum atomic E-state index is 14.7. The van der Waals surface area contributed by atoms with Gasteiger partial charge >= 0.3 is 12.1 Å². The van der Waals surface area contributed by atoms with Gasteiger partial charge < -0.3 is 29.5 Å². The van der Waals surface area contributed by atoms with E-state index in [-0.39, 0.29) is 57.1 Å². The van der Waals surface area contributed by atoms with Crippen LogP contribution in [-0.2, 0) is 16.6 Å². The molecule has 1 aromatic heterocycles. The van der Waals surface area contributed by atoms with E-state index in [1.807, 2.05) is 0 Å². The number of likely N-dealkylation sites (tertiary alicyclic amines) is 2. The summed E-state index contributed by atoms with van der Waals surface area (Å²) >= 11 is 6.45. The zero-order valence-corrected chi connectivity index (χ0v) is 29.2. The van der Waals surface area contributed by atoms with Crippen LogP contribution in [0.25, 0.3) is 11.3 Å². The van der Waals surface area contributed by atoms with Gasteiger partial charge in [0, 0.05) is 43.3 Å². The number of rotatable bonds is 9. The molecule has 3 aromatic rings. The van der Waals surface area contributed by atoms with Crippen molar-refractivity contribution in [1.29, 1.82) is 0 Å². The molecule has 0 unspecified atom stereocenters. The van der Waals surface area contributed by atoms with Gasteiger partial charge in [0.25, 0.3) is 11.8 Å². The van der Waals surface area contributed by atoms with Crippen LogP contribution in [0.2, 0.25) is 5.02 Å². The van der Waals surface area contributed by atoms with Crippen LogP contribution >= 0.6 is 11.6 Å². The predicted molar refractivity (Wildman–Crippen MR) is 179 cm³/mol. The Labute approximate surface area is 304 Å². The van der Waals surface area contributed by atoms with Crippen molar-refractivity contribution in [3.05, 3.63) is 64.6 Å². The van der Waals surface area contributed by atoms with Crippen molar-refractivity contribution in [3.8, 4) is 17.0 Å². The molecule has 0 saturated carbocycles. The molecule has 288 valence electrons. The summed E-state index contributed by atoms with van der Waals surface area (Å²) in [4.78, 5) is 55.8. The first-order valence-electron chi connectivity index (χ1n) is 16.1. The first-order valence-corrected chi connectivity index (χ1v) is 16.5. The maximum Gasteiger partial charge on any atom is 0.490 e. The van der Waals surface area contributed by atoms with E-state index in [0.29, 0.717) is 25.9 Å². The Balaban J connectivity index is 0.000000815. The lowest BCUT2D eigenvalue weighted by atomic mass is 9.95. The lowest BCUT2D eigenvalue weighted by Gasteiger charge is -2.33. The summed E-state index contributed by atoms with van der Waals surface area (Å²) in [7, 11) is 3.53. The number of alkyl halides is 4. The fourth-order valence-corrected chi connectivity index (χ4v) is 5.93. The number of amides is 3. The van der Waals surface area contributed by atoms with E-state index in [1.54, 1.807) is 4.90 Å². The van der Waals surface area contributed by atoms with Crippen LogP contribution < -0.4 is 20.9 Å². The molecule has 0 spiro atoms. The van der Waals surface area contributed by atoms with Gasteiger partial charge in [0.15, 0.2) is 17.4 Å². The third-order valence-electron chi connectivity index (χ3n) is 8.70. The van der Waals surface area contributed by atoms with E-state index >= 15 is 0 Å². The monoisotopic (exact) mass is 775 g/mol. The number of hydrazine groups is 1. The van der Waals surface area contributed by atoms with Gasteiger partial charge in [0.1, 0.15) is 0 Å². The molecule has 2 aliphatic rings. The number of carbonyl (C=O) groups excluding carboxylic acids is 3. The van der Waals surface area contributed by atoms with Crippen molar-refractivity contribution in [2.45, 2.75) is 37.9 Å². The number of nitrogens with zero attached hydrogens (tertiary/aromatic N) is 4. The van der Waals surface area contributed by atoms with Crippen LogP contribution in [0.1, 0.15) is 46.7 Å². The summed E-state index contributed by atoms with van der Waals surface area (Å²) in [6.45, 7) is 1.45. The number of carboxylic acids is 1. The molecule has 2 fully saturated rings. The molecule has 20 heteroatoms. The number of carbonyl (C=O) groups is 4. The second-order valence-corrected chi connectivity index (χ2v) is 12.7. The average molecular weight is 776 g/mol. The second-order valence-electron chi connectivity index (χ2n) is 12.2. The maximum absolute atomic E-state index is 14.7. The smallest absolute Gasteiger partial charge is 0.475 e. The predicted octanol–water partition coefficient (Wildman–Crippen LogP) is 4.78. The van der Waals surface area contributed by atoms with Gasteiger partial charge in [-0.15, -0.1) is 0 Å². The molecule has 3 amide bonds. The zero-order chi connectivity index (χ0) is 39.0. The van der Waals surface area contributed by atoms with Gasteiger partial charge in [-0.3, -0.25) is 19.8 Å². The molecule has 0 radical (unpaired) electrons. The number of nitrogens with one attached hydrogen (secondary N) is 3. The molecule has 0 atom stereocenters. The number of ether oxygens (including phenoxy) is 1. The number of aromatic nitrogens is 2. The molecule has 13 nitrogen and oxygen atoms in total. The lowest BCUT2D eigenvalue weighted by molar-refractivity contribution is -0.192. The normalized spacial score (nSPS) is 15.7. The van der Waals surface area contributed by atoms with Gasteiger partial charge in [0.2, 0.25) is 18.6 Å². The first-order chi connectivity index (χ1) is 25.0. The Morgan fingerprint density at radius 1 is 0.981 bits per heavy atom. The molecule has 2 aliphatic heterocycles. The van der Waals surface area contributed by atoms with Crippen molar-refractivity contribution in [3.63, 3.8) is 0 Å². The first kappa shape index (κ1) is 40.9. The molecular weight excluding hydrogens is 740 g/mol. The van der Waals surface area contributed by atoms with Crippen LogP contribution in [-0.4, -0.2) is 100 Å². The van der Waals surface area contributed by atoms with Gasteiger partial charge in [-0.05, 0) is 76.2 Å². The summed E-state index contributed by atoms with van der Waals surface area (Å²) in [6.07, 6.45) is -0.894. The van der Waals surface area contributed by atoms with Crippen molar-refractivity contribution in [1.82, 2.24) is 30.2 Å². The summed E-state index contributed by atoms with van der Waals surface area (Å²) in [5.74, 6) is -7.29. The fraction of sp³-hybridized carbons (Fsp3) is 0.424. The van der Waals surface area contributed by atoms with E-state index < -0.39 is 42.3 Å². The van der Waals surface area contributed by atoms with Crippen molar-refractivity contribution < 1.29 is 55.4 Å². The zero-order valence-electron chi connectivity index (χ0n) is 28.4. The SMILES string of the molecule is CN1CCC(NNC(=O)C2CCN(C(=O)c3ccc(NC(=O)c4ncc(-c5ccc(OCF)c(F)c5F)n4C)cc3Cl)CC2)CC1.O=C(O)C(F)(F)F. The summed E-state index contributed by atoms with van der Waals surface area (Å²) in [5.41, 5.74) is 6.45. The number of carboxylic acid groups (broad SMARTS) is 1. The van der Waals surface area contributed by atoms with E-state index in [9.17, 15) is 40.7 Å². The van der Waals surface area contributed by atoms with Crippen LogP contribution in [0.5, 0.6) is 5.75 Å². The number of aliphatic carboxylic acids is 1. The summed E-state index contributed by atoms with van der Waals surface area (Å²) in [5, 5.41) is 9.89. The van der Waals surface area contributed by atoms with Crippen LogP contribution in [0.3, 0.4) is 0 Å². The number of hydrogen-bond donors (Lipinski definition) is 4. The van der Waals surface area contributed by atoms with Gasteiger partial charge in [-0.1, -0.05) is 11.6 Å². The molecule has 3 heterocycles. The number of hydrogen-bond acceptors (Lipinski definition) is 8. The number of benzene rings is 2. The van der Waals surface area contributed by atoms with Crippen LogP contribution in [0.4, 0.5) is 32.0 Å².